The van der Waals surface area contributed by atoms with Gasteiger partial charge >= 0.3 is 35.6 Å². The second-order valence-electron chi connectivity index (χ2n) is 1.13. The van der Waals surface area contributed by atoms with Gasteiger partial charge in [0.15, 0.2) is 0 Å². The van der Waals surface area contributed by atoms with Gasteiger partial charge in [0.1, 0.15) is 0 Å². The van der Waals surface area contributed by atoms with Crippen molar-refractivity contribution >= 4 is 0 Å². The first-order valence-corrected chi connectivity index (χ1v) is 5.55. The Bertz CT molecular complexity index is 91.7. The molecule has 0 radical (unpaired) electrons. The molecule has 17 heteroatoms. The molecule has 104 valence electrons. The fraction of sp³-hybridized carbons (Fsp3) is 0. The van der Waals surface area contributed by atoms with Crippen LogP contribution in [-0.4, -0.2) is 5.48 Å². The number of rotatable bonds is 0. The molecule has 0 saturated carbocycles. The van der Waals surface area contributed by atoms with E-state index >= 15 is 0 Å². The SMILES string of the molecule is O.[La+3].[O-][Cl+3]([O-])([O-])[O-].[O-][Cl+3]([O-])([O-])[O-].[O-][Cl+3]([O-])([O-])[O-]. The third-order valence-corrected chi connectivity index (χ3v) is 0. The Labute approximate surface area is 127 Å². The first-order valence-electron chi connectivity index (χ1n) is 1.85. The van der Waals surface area contributed by atoms with Crippen LogP contribution in [0.4, 0.5) is 0 Å². The first kappa shape index (κ1) is 31.1. The van der Waals surface area contributed by atoms with Crippen molar-refractivity contribution < 1.29 is 128 Å². The van der Waals surface area contributed by atoms with Crippen molar-refractivity contribution in [2.24, 2.45) is 0 Å². The van der Waals surface area contributed by atoms with Crippen LogP contribution in [0.2, 0.25) is 0 Å². The number of hydrogen-bond donors (Lipinski definition) is 0. The Balaban J connectivity index is -0.0000000400. The summed E-state index contributed by atoms with van der Waals surface area (Å²) in [4.78, 5) is 0. The molecule has 0 rings (SSSR count). The molecule has 0 spiro atoms. The third-order valence-electron chi connectivity index (χ3n) is 0. The molecule has 0 aromatic rings. The van der Waals surface area contributed by atoms with Crippen molar-refractivity contribution in [2.45, 2.75) is 0 Å². The Morgan fingerprint density at radius 3 is 0.353 bits per heavy atom. The molecule has 13 nitrogen and oxygen atoms in total. The maximum Gasteiger partial charge on any atom is 3.00 e. The van der Waals surface area contributed by atoms with Gasteiger partial charge in [0.05, 0.1) is 0 Å². The molecule has 0 aliphatic heterocycles. The summed E-state index contributed by atoms with van der Waals surface area (Å²) in [6, 6.07) is 0. The predicted octanol–water partition coefficient (Wildman–Crippen LogP) is -15.1. The van der Waals surface area contributed by atoms with Gasteiger partial charge < -0.3 is 5.48 Å². The molecule has 17 heavy (non-hydrogen) atoms. The molecule has 2 N–H and O–H groups in total. The van der Waals surface area contributed by atoms with Crippen LogP contribution in [0.1, 0.15) is 0 Å². The monoisotopic (exact) mass is 454 g/mol. The first-order chi connectivity index (χ1) is 6.00. The predicted molar refractivity (Wildman–Crippen MR) is 3.61 cm³/mol. The second kappa shape index (κ2) is 12.6. The molecule has 0 bridgehead atoms. The normalized spacial score (nSPS) is 10.6. The van der Waals surface area contributed by atoms with E-state index in [2.05, 4.69) is 0 Å². The minimum Gasteiger partial charge on any atom is -0.412 e. The third kappa shape index (κ3) is 1780. The Kier molecular flexibility index (Phi) is 23.0. The van der Waals surface area contributed by atoms with Gasteiger partial charge in [0.2, 0.25) is 0 Å². The van der Waals surface area contributed by atoms with Crippen LogP contribution in [0.25, 0.3) is 0 Å². The molecule has 0 heterocycles. The van der Waals surface area contributed by atoms with E-state index in [0.29, 0.717) is 0 Å². The average molecular weight is 455 g/mol. The van der Waals surface area contributed by atoms with E-state index in [-0.39, 0.29) is 41.1 Å². The average Bonchev–Trinajstić information content (AvgIpc) is 1.41. The summed E-state index contributed by atoms with van der Waals surface area (Å²) in [5.41, 5.74) is 0. The summed E-state index contributed by atoms with van der Waals surface area (Å²) in [6.07, 6.45) is 0. The summed E-state index contributed by atoms with van der Waals surface area (Å²) >= 11 is 0. The fourth-order valence-corrected chi connectivity index (χ4v) is 0. The van der Waals surface area contributed by atoms with Gasteiger partial charge in [0, 0.05) is 0 Å². The maximum absolute atomic E-state index is 8.49. The summed E-state index contributed by atoms with van der Waals surface area (Å²) < 4.78 is 102. The number of halogens is 3. The molecular weight excluding hydrogens is 453 g/mol. The largest absolute Gasteiger partial charge is 3.00 e. The van der Waals surface area contributed by atoms with E-state index < -0.39 is 30.7 Å². The molecule has 0 unspecified atom stereocenters. The van der Waals surface area contributed by atoms with Crippen molar-refractivity contribution in [2.75, 3.05) is 0 Å². The van der Waals surface area contributed by atoms with E-state index in [4.69, 9.17) is 55.9 Å². The Morgan fingerprint density at radius 2 is 0.353 bits per heavy atom. The van der Waals surface area contributed by atoms with E-state index in [1.54, 1.807) is 0 Å². The summed E-state index contributed by atoms with van der Waals surface area (Å²) in [6.45, 7) is 0. The smallest absolute Gasteiger partial charge is 0.412 e. The van der Waals surface area contributed by atoms with Crippen LogP contribution in [0, 0.1) is 66.3 Å². The molecule has 0 saturated heterocycles. The zero-order valence-corrected chi connectivity index (χ0v) is 13.0. The van der Waals surface area contributed by atoms with E-state index in [1.807, 2.05) is 0 Å². The topological polar surface area (TPSA) is 308 Å². The molecule has 0 aliphatic rings. The van der Waals surface area contributed by atoms with Crippen molar-refractivity contribution in [1.82, 2.24) is 0 Å². The molecule has 0 aliphatic carbocycles. The van der Waals surface area contributed by atoms with Gasteiger partial charge in [-0.05, 0) is 0 Å². The van der Waals surface area contributed by atoms with Crippen molar-refractivity contribution in [3.63, 3.8) is 0 Å². The molecule has 0 aromatic heterocycles. The maximum atomic E-state index is 8.49. The molecule has 0 fully saturated rings. The molecule has 0 amide bonds. The number of hydrogen-bond acceptors (Lipinski definition) is 12. The van der Waals surface area contributed by atoms with Crippen LogP contribution in [0.3, 0.4) is 0 Å². The van der Waals surface area contributed by atoms with Gasteiger partial charge in [-0.25, -0.2) is 55.9 Å². The molecular formula is H2Cl3LaO13. The van der Waals surface area contributed by atoms with Gasteiger partial charge in [-0.3, -0.25) is 0 Å². The summed E-state index contributed by atoms with van der Waals surface area (Å²) in [7, 11) is -14.8. The second-order valence-corrected chi connectivity index (χ2v) is 3.40. The fourth-order valence-electron chi connectivity index (χ4n) is 0. The van der Waals surface area contributed by atoms with Crippen LogP contribution in [0.5, 0.6) is 0 Å². The molecule has 0 atom stereocenters. The summed E-state index contributed by atoms with van der Waals surface area (Å²) in [5.74, 6) is 0. The minimum atomic E-state index is -4.94. The summed E-state index contributed by atoms with van der Waals surface area (Å²) in [5, 5.41) is 0. The van der Waals surface area contributed by atoms with E-state index in [0.717, 1.165) is 0 Å². The standard InChI is InChI=1S/3ClHO4.La.H2O/c3*2-1(3,4)5;;/h3*(H,2,3,4,5);;1H2/q;;;+3;/p-3. The zero-order chi connectivity index (χ0) is 13.5. The van der Waals surface area contributed by atoms with Crippen LogP contribution >= 0.6 is 0 Å². The van der Waals surface area contributed by atoms with Crippen molar-refractivity contribution in [3.05, 3.63) is 0 Å². The van der Waals surface area contributed by atoms with Crippen LogP contribution in [-0.2, 0) is 0 Å². The Morgan fingerprint density at radius 1 is 0.353 bits per heavy atom. The quantitative estimate of drug-likeness (QED) is 0.328. The zero-order valence-electron chi connectivity index (χ0n) is 7.11. The minimum absolute atomic E-state index is 0. The molecule has 0 aromatic carbocycles. The van der Waals surface area contributed by atoms with Gasteiger partial charge in [-0.2, -0.15) is 0 Å². The van der Waals surface area contributed by atoms with Crippen LogP contribution in [0.15, 0.2) is 0 Å². The van der Waals surface area contributed by atoms with Gasteiger partial charge in [-0.15, -0.1) is 30.7 Å². The Hall–Kier alpha value is 1.54. The van der Waals surface area contributed by atoms with Crippen molar-refractivity contribution in [1.29, 1.82) is 0 Å². The van der Waals surface area contributed by atoms with Gasteiger partial charge in [0.25, 0.3) is 0 Å². The van der Waals surface area contributed by atoms with Crippen LogP contribution < -0.4 is 55.9 Å². The van der Waals surface area contributed by atoms with Gasteiger partial charge in [-0.1, -0.05) is 0 Å². The van der Waals surface area contributed by atoms with Crippen molar-refractivity contribution in [3.8, 4) is 0 Å². The van der Waals surface area contributed by atoms with E-state index in [1.165, 1.54) is 0 Å². The van der Waals surface area contributed by atoms with E-state index in [9.17, 15) is 0 Å².